The van der Waals surface area contributed by atoms with E-state index in [-0.39, 0.29) is 23.6 Å². The number of hydrogen-bond donors (Lipinski definition) is 3. The highest BCUT2D eigenvalue weighted by Crippen LogP contribution is 2.29. The first-order valence-electron chi connectivity index (χ1n) is 17.3. The van der Waals surface area contributed by atoms with Gasteiger partial charge in [-0.2, -0.15) is 0 Å². The third-order valence-corrected chi connectivity index (χ3v) is 9.51. The molecule has 2 saturated heterocycles. The van der Waals surface area contributed by atoms with Gasteiger partial charge in [-0.05, 0) is 78.1 Å². The van der Waals surface area contributed by atoms with Crippen molar-refractivity contribution in [1.82, 2.24) is 30.1 Å². The minimum Gasteiger partial charge on any atom is -0.324 e. The van der Waals surface area contributed by atoms with Crippen molar-refractivity contribution in [1.29, 1.82) is 0 Å². The minimum absolute atomic E-state index is 0.183. The summed E-state index contributed by atoms with van der Waals surface area (Å²) in [6, 6.07) is 27.3. The van der Waals surface area contributed by atoms with Crippen molar-refractivity contribution in [2.45, 2.75) is 38.8 Å². The van der Waals surface area contributed by atoms with Crippen molar-refractivity contribution < 1.29 is 14.4 Å². The number of nitrogens with one attached hydrogen (secondary N) is 3. The number of nitrogens with zero attached hydrogens (tertiary/aromatic N) is 5. The van der Waals surface area contributed by atoms with Gasteiger partial charge >= 0.3 is 0 Å². The topological polar surface area (TPSA) is 132 Å². The van der Waals surface area contributed by atoms with Gasteiger partial charge in [0, 0.05) is 86.8 Å². The van der Waals surface area contributed by atoms with E-state index in [1.165, 1.54) is 0 Å². The molecule has 0 saturated carbocycles. The Morgan fingerprint density at radius 2 is 1.67 bits per heavy atom. The minimum atomic E-state index is -0.279. The SMILES string of the molecule is Cc1ccc(NC(=O)c2ccc(CN3CCN(Cc4ccccc4C4CCC(=O)NC4=O)CC3)cc2)cc1Nc1nccc(-c2cccnc2)n1. The second-order valence-corrected chi connectivity index (χ2v) is 13.1. The monoisotopic (exact) mass is 680 g/mol. The highest BCUT2D eigenvalue weighted by molar-refractivity contribution is 6.04. The number of piperidine rings is 1. The number of carbonyl (C=O) groups excluding carboxylic acids is 3. The lowest BCUT2D eigenvalue weighted by Crippen LogP contribution is -2.45. The zero-order valence-corrected chi connectivity index (χ0v) is 28.5. The first-order valence-corrected chi connectivity index (χ1v) is 17.3. The molecule has 0 radical (unpaired) electrons. The fraction of sp³-hybridized carbons (Fsp3) is 0.250. The summed E-state index contributed by atoms with van der Waals surface area (Å²) in [6.07, 6.45) is 6.12. The third kappa shape index (κ3) is 8.34. The van der Waals surface area contributed by atoms with Crippen LogP contribution in [0.3, 0.4) is 0 Å². The number of anilines is 3. The molecular formula is C40H40N8O3. The van der Waals surface area contributed by atoms with Gasteiger partial charge in [0.1, 0.15) is 0 Å². The number of amides is 3. The largest absolute Gasteiger partial charge is 0.324 e. The first-order chi connectivity index (χ1) is 24.9. The van der Waals surface area contributed by atoms with Crippen LogP contribution in [0, 0.1) is 6.92 Å². The highest BCUT2D eigenvalue weighted by Gasteiger charge is 2.30. The smallest absolute Gasteiger partial charge is 0.255 e. The molecule has 0 bridgehead atoms. The fourth-order valence-corrected chi connectivity index (χ4v) is 6.63. The lowest BCUT2D eigenvalue weighted by atomic mass is 9.87. The molecule has 2 aliphatic heterocycles. The molecule has 1 atom stereocenters. The van der Waals surface area contributed by atoms with Crippen LogP contribution in [0.25, 0.3) is 11.3 Å². The van der Waals surface area contributed by atoms with Crippen molar-refractivity contribution in [3.8, 4) is 11.3 Å². The molecule has 2 aromatic heterocycles. The molecule has 2 aliphatic rings. The van der Waals surface area contributed by atoms with Gasteiger partial charge in [-0.15, -0.1) is 0 Å². The number of rotatable bonds is 10. The summed E-state index contributed by atoms with van der Waals surface area (Å²) in [5.41, 5.74) is 8.02. The van der Waals surface area contributed by atoms with Crippen molar-refractivity contribution in [2.24, 2.45) is 0 Å². The van der Waals surface area contributed by atoms with E-state index in [0.29, 0.717) is 30.0 Å². The molecule has 5 aromatic rings. The molecule has 0 spiro atoms. The Morgan fingerprint density at radius 1 is 0.882 bits per heavy atom. The van der Waals surface area contributed by atoms with Crippen molar-refractivity contribution >= 4 is 35.0 Å². The van der Waals surface area contributed by atoms with Crippen LogP contribution in [0.2, 0.25) is 0 Å². The van der Waals surface area contributed by atoms with Gasteiger partial charge in [0.15, 0.2) is 0 Å². The molecule has 3 N–H and O–H groups in total. The van der Waals surface area contributed by atoms with Gasteiger partial charge in [-0.3, -0.25) is 34.5 Å². The van der Waals surface area contributed by atoms with Crippen molar-refractivity contribution in [3.05, 3.63) is 131 Å². The Hall–Kier alpha value is -5.78. The average molecular weight is 681 g/mol. The highest BCUT2D eigenvalue weighted by atomic mass is 16.2. The Kier molecular flexibility index (Phi) is 10.2. The van der Waals surface area contributed by atoms with E-state index in [1.807, 2.05) is 85.8 Å². The molecule has 11 nitrogen and oxygen atoms in total. The molecule has 258 valence electrons. The van der Waals surface area contributed by atoms with E-state index in [1.54, 1.807) is 18.6 Å². The molecule has 51 heavy (non-hydrogen) atoms. The van der Waals surface area contributed by atoms with Crippen LogP contribution in [0.4, 0.5) is 17.3 Å². The van der Waals surface area contributed by atoms with Gasteiger partial charge in [0.2, 0.25) is 17.8 Å². The molecule has 3 amide bonds. The van der Waals surface area contributed by atoms with Crippen LogP contribution in [0.5, 0.6) is 0 Å². The van der Waals surface area contributed by atoms with Crippen LogP contribution in [0.15, 0.2) is 104 Å². The van der Waals surface area contributed by atoms with E-state index in [2.05, 4.69) is 46.8 Å². The lowest BCUT2D eigenvalue weighted by Gasteiger charge is -2.35. The summed E-state index contributed by atoms with van der Waals surface area (Å²) in [7, 11) is 0. The number of pyridine rings is 1. The van der Waals surface area contributed by atoms with E-state index >= 15 is 0 Å². The quantitative estimate of drug-likeness (QED) is 0.159. The van der Waals surface area contributed by atoms with Crippen molar-refractivity contribution in [2.75, 3.05) is 36.8 Å². The van der Waals surface area contributed by atoms with E-state index < -0.39 is 0 Å². The first kappa shape index (κ1) is 33.7. The molecule has 1 unspecified atom stereocenters. The normalized spacial score (nSPS) is 16.8. The second kappa shape index (κ2) is 15.4. The average Bonchev–Trinajstić information content (AvgIpc) is 3.15. The number of piperazine rings is 1. The van der Waals surface area contributed by atoms with Crippen LogP contribution in [-0.4, -0.2) is 68.7 Å². The molecule has 0 aliphatic carbocycles. The molecule has 7 rings (SSSR count). The fourth-order valence-electron chi connectivity index (χ4n) is 6.63. The molecule has 2 fully saturated rings. The van der Waals surface area contributed by atoms with Crippen LogP contribution in [0.1, 0.15) is 51.4 Å². The van der Waals surface area contributed by atoms with E-state index in [9.17, 15) is 14.4 Å². The number of hydrogen-bond acceptors (Lipinski definition) is 9. The number of aromatic nitrogens is 3. The zero-order valence-electron chi connectivity index (χ0n) is 28.5. The Morgan fingerprint density at radius 3 is 2.43 bits per heavy atom. The standard InChI is InChI=1S/C40H40N8O3/c1-27-8-13-32(23-36(27)45-40-42-18-16-35(44-40)30-6-4-17-41-24-30)43-38(50)29-11-9-28(10-12-29)25-47-19-21-48(22-20-47)26-31-5-2-3-7-33(31)34-14-15-37(49)46-39(34)51/h2-13,16-18,23-24,34H,14-15,19-22,25-26H2,1H3,(H,43,50)(H,42,44,45)(H,46,49,51). The van der Waals surface area contributed by atoms with Crippen LogP contribution in [-0.2, 0) is 22.7 Å². The summed E-state index contributed by atoms with van der Waals surface area (Å²) in [4.78, 5) is 55.4. The summed E-state index contributed by atoms with van der Waals surface area (Å²) in [6.45, 7) is 7.24. The number of carbonyl (C=O) groups is 3. The van der Waals surface area contributed by atoms with Gasteiger partial charge in [0.05, 0.1) is 11.6 Å². The maximum atomic E-state index is 13.2. The third-order valence-electron chi connectivity index (χ3n) is 9.51. The van der Waals surface area contributed by atoms with Gasteiger partial charge in [-0.25, -0.2) is 9.97 Å². The summed E-state index contributed by atoms with van der Waals surface area (Å²) in [5.74, 6) is -0.394. The van der Waals surface area contributed by atoms with Gasteiger partial charge in [0.25, 0.3) is 5.91 Å². The Labute approximate surface area is 297 Å². The summed E-state index contributed by atoms with van der Waals surface area (Å²) in [5, 5.41) is 8.81. The van der Waals surface area contributed by atoms with E-state index in [4.69, 9.17) is 0 Å². The molecule has 3 aromatic carbocycles. The summed E-state index contributed by atoms with van der Waals surface area (Å²) >= 11 is 0. The number of imide groups is 1. The maximum absolute atomic E-state index is 13.2. The van der Waals surface area contributed by atoms with Crippen molar-refractivity contribution in [3.63, 3.8) is 0 Å². The van der Waals surface area contributed by atoms with Crippen LogP contribution >= 0.6 is 0 Å². The van der Waals surface area contributed by atoms with Crippen LogP contribution < -0.4 is 16.0 Å². The number of aryl methyl sites for hydroxylation is 1. The zero-order chi connectivity index (χ0) is 35.2. The Bertz CT molecular complexity index is 2030. The van der Waals surface area contributed by atoms with Gasteiger partial charge in [-0.1, -0.05) is 42.5 Å². The van der Waals surface area contributed by atoms with E-state index in [0.717, 1.165) is 78.5 Å². The summed E-state index contributed by atoms with van der Waals surface area (Å²) < 4.78 is 0. The Balaban J connectivity index is 0.912. The van der Waals surface area contributed by atoms with Gasteiger partial charge < -0.3 is 10.6 Å². The lowest BCUT2D eigenvalue weighted by molar-refractivity contribution is -0.134. The predicted octanol–water partition coefficient (Wildman–Crippen LogP) is 5.68. The second-order valence-electron chi connectivity index (χ2n) is 13.1. The molecule has 4 heterocycles. The molecular weight excluding hydrogens is 640 g/mol. The predicted molar refractivity (Wildman–Crippen MR) is 196 cm³/mol. The number of benzene rings is 3. The molecule has 11 heteroatoms. The maximum Gasteiger partial charge on any atom is 0.255 e.